The average molecular weight is 661 g/mol. The fraction of sp³-hybridized carbons (Fsp3) is 0. The maximum Gasteiger partial charge on any atom is 0.124 e. The predicted octanol–water partition coefficient (Wildman–Crippen LogP) is 13.8. The van der Waals surface area contributed by atoms with Crippen molar-refractivity contribution in [3.05, 3.63) is 170 Å². The Kier molecular flexibility index (Phi) is 6.57. The zero-order chi connectivity index (χ0) is 32.3. The smallest absolute Gasteiger partial charge is 0.124 e. The van der Waals surface area contributed by atoms with Crippen molar-refractivity contribution in [2.45, 2.75) is 0 Å². The molecule has 10 aromatic rings. The summed E-state index contributed by atoms with van der Waals surface area (Å²) >= 11 is 3.66. The Morgan fingerprint density at radius 2 is 1.06 bits per heavy atom. The molecule has 0 fully saturated rings. The molecule has 0 atom stereocenters. The van der Waals surface area contributed by atoms with Gasteiger partial charge in [-0.05, 0) is 69.1 Å². The minimum Gasteiger partial charge on any atom is -0.309 e. The Balaban J connectivity index is 1.25. The summed E-state index contributed by atoms with van der Waals surface area (Å²) in [6.07, 6.45) is 0. The molecule has 0 aliphatic rings. The molecule has 2 aromatic heterocycles. The van der Waals surface area contributed by atoms with Crippen LogP contribution in [0.5, 0.6) is 0 Å². The zero-order valence-corrected chi connectivity index (χ0v) is 28.0. The van der Waals surface area contributed by atoms with Crippen LogP contribution in [0.2, 0.25) is 0 Å². The van der Waals surface area contributed by atoms with E-state index in [1.807, 2.05) is 11.3 Å². The number of hydrogen-bond donors (Lipinski definition) is 0. The molecular formula is C45H28N2S2. The Bertz CT molecular complexity index is 2820. The van der Waals surface area contributed by atoms with Gasteiger partial charge in [-0.3, -0.25) is 0 Å². The lowest BCUT2D eigenvalue weighted by Gasteiger charge is -2.27. The number of nitrogens with zero attached hydrogens (tertiary/aromatic N) is 2. The molecule has 8 aromatic carbocycles. The number of thiophene rings is 1. The second-order valence-electron chi connectivity index (χ2n) is 12.4. The minimum absolute atomic E-state index is 1.02. The van der Waals surface area contributed by atoms with Crippen molar-refractivity contribution in [1.82, 2.24) is 4.98 Å². The summed E-state index contributed by atoms with van der Waals surface area (Å²) in [7, 11) is 0. The highest BCUT2D eigenvalue weighted by Crippen LogP contribution is 2.50. The molecule has 0 bridgehead atoms. The van der Waals surface area contributed by atoms with Gasteiger partial charge in [0, 0.05) is 32.4 Å². The molecule has 0 saturated carbocycles. The summed E-state index contributed by atoms with van der Waals surface area (Å²) in [5.74, 6) is 0. The molecule has 49 heavy (non-hydrogen) atoms. The van der Waals surface area contributed by atoms with Crippen LogP contribution in [0.4, 0.5) is 17.1 Å². The summed E-state index contributed by atoms with van der Waals surface area (Å²) in [5.41, 5.74) is 7.94. The second kappa shape index (κ2) is 11.4. The van der Waals surface area contributed by atoms with Crippen molar-refractivity contribution in [1.29, 1.82) is 0 Å². The van der Waals surface area contributed by atoms with Crippen LogP contribution < -0.4 is 4.90 Å². The second-order valence-corrected chi connectivity index (χ2v) is 14.4. The highest BCUT2D eigenvalue weighted by Gasteiger charge is 2.23. The lowest BCUT2D eigenvalue weighted by Crippen LogP contribution is -2.10. The van der Waals surface area contributed by atoms with Crippen LogP contribution in [0.1, 0.15) is 0 Å². The number of thiazole rings is 1. The van der Waals surface area contributed by atoms with Crippen LogP contribution in [-0.2, 0) is 0 Å². The van der Waals surface area contributed by atoms with E-state index >= 15 is 0 Å². The van der Waals surface area contributed by atoms with E-state index in [1.165, 1.54) is 57.5 Å². The van der Waals surface area contributed by atoms with Crippen molar-refractivity contribution in [3.63, 3.8) is 0 Å². The third-order valence-corrected chi connectivity index (χ3v) is 11.8. The lowest BCUT2D eigenvalue weighted by molar-refractivity contribution is 1.31. The van der Waals surface area contributed by atoms with E-state index in [0.717, 1.165) is 33.1 Å². The van der Waals surface area contributed by atoms with Crippen molar-refractivity contribution in [3.8, 4) is 21.7 Å². The Labute approximate surface area is 291 Å². The number of hydrogen-bond acceptors (Lipinski definition) is 4. The summed E-state index contributed by atoms with van der Waals surface area (Å²) in [4.78, 5) is 7.72. The highest BCUT2D eigenvalue weighted by atomic mass is 32.1. The van der Waals surface area contributed by atoms with Gasteiger partial charge < -0.3 is 4.90 Å². The zero-order valence-electron chi connectivity index (χ0n) is 26.4. The van der Waals surface area contributed by atoms with Gasteiger partial charge in [0.15, 0.2) is 0 Å². The van der Waals surface area contributed by atoms with E-state index in [4.69, 9.17) is 4.98 Å². The van der Waals surface area contributed by atoms with Gasteiger partial charge in [-0.1, -0.05) is 133 Å². The molecule has 2 nitrogen and oxygen atoms in total. The molecule has 0 unspecified atom stereocenters. The van der Waals surface area contributed by atoms with Crippen LogP contribution in [0.15, 0.2) is 170 Å². The number of anilines is 3. The Morgan fingerprint density at radius 3 is 1.88 bits per heavy atom. The molecule has 230 valence electrons. The van der Waals surface area contributed by atoms with Gasteiger partial charge in [-0.2, -0.15) is 0 Å². The van der Waals surface area contributed by atoms with Crippen LogP contribution >= 0.6 is 22.7 Å². The molecule has 0 radical (unpaired) electrons. The summed E-state index contributed by atoms with van der Waals surface area (Å²) < 4.78 is 3.78. The Morgan fingerprint density at radius 1 is 0.429 bits per heavy atom. The first-order chi connectivity index (χ1) is 24.3. The van der Waals surface area contributed by atoms with Crippen LogP contribution in [-0.4, -0.2) is 4.98 Å². The molecule has 2 heterocycles. The molecule has 0 aliphatic carbocycles. The maximum absolute atomic E-state index is 5.28. The van der Waals surface area contributed by atoms with Gasteiger partial charge in [0.05, 0.1) is 20.6 Å². The summed E-state index contributed by atoms with van der Waals surface area (Å²) in [6.45, 7) is 0. The van der Waals surface area contributed by atoms with Gasteiger partial charge in [-0.25, -0.2) is 4.98 Å². The largest absolute Gasteiger partial charge is 0.309 e. The monoisotopic (exact) mass is 660 g/mol. The molecule has 4 heteroatoms. The molecule has 0 N–H and O–H groups in total. The SMILES string of the molecule is c1ccc(-c2ccc(N(c3ccc4c(ccc5ccccc54)c3)c3cc4nc(-c5ccccc5)sc4c4c3sc3ccccc34)cc2)cc1. The normalized spacial score (nSPS) is 11.7. The van der Waals surface area contributed by atoms with Gasteiger partial charge >= 0.3 is 0 Å². The van der Waals surface area contributed by atoms with E-state index in [2.05, 4.69) is 175 Å². The van der Waals surface area contributed by atoms with Gasteiger partial charge in [0.1, 0.15) is 5.01 Å². The van der Waals surface area contributed by atoms with E-state index in [-0.39, 0.29) is 0 Å². The third kappa shape index (κ3) is 4.72. The molecule has 0 aliphatic heterocycles. The summed E-state index contributed by atoms with van der Waals surface area (Å²) in [6, 6.07) is 61.3. The van der Waals surface area contributed by atoms with E-state index in [0.29, 0.717) is 0 Å². The quantitative estimate of drug-likeness (QED) is 0.171. The first-order valence-electron chi connectivity index (χ1n) is 16.5. The highest BCUT2D eigenvalue weighted by molar-refractivity contribution is 7.28. The number of aromatic nitrogens is 1. The van der Waals surface area contributed by atoms with Crippen molar-refractivity contribution in [2.75, 3.05) is 4.90 Å². The van der Waals surface area contributed by atoms with Crippen LogP contribution in [0.3, 0.4) is 0 Å². The first-order valence-corrected chi connectivity index (χ1v) is 18.1. The Hall–Kier alpha value is -5.81. The van der Waals surface area contributed by atoms with Crippen LogP contribution in [0.25, 0.3) is 73.6 Å². The molecule has 0 spiro atoms. The first kappa shape index (κ1) is 28.2. The van der Waals surface area contributed by atoms with Gasteiger partial charge in [0.2, 0.25) is 0 Å². The third-order valence-electron chi connectivity index (χ3n) is 9.46. The standard InChI is InChI=1S/C45H28N2S2/c1-3-11-29(12-4-1)30-21-23-34(24-22-30)47(35-25-26-37-33(27-35)20-19-31-13-7-8-16-36(31)37)40-28-39-43(49-45(46-39)32-14-5-2-6-15-32)42-38-17-9-10-18-41(38)48-44(40)42/h1-28H. The van der Waals surface area contributed by atoms with Crippen molar-refractivity contribution >= 4 is 91.7 Å². The molecular weight excluding hydrogens is 633 g/mol. The van der Waals surface area contributed by atoms with E-state index in [9.17, 15) is 0 Å². The topological polar surface area (TPSA) is 16.1 Å². The van der Waals surface area contributed by atoms with Crippen molar-refractivity contribution < 1.29 is 0 Å². The lowest BCUT2D eigenvalue weighted by atomic mass is 10.0. The predicted molar refractivity (Wildman–Crippen MR) is 213 cm³/mol. The molecule has 10 rings (SSSR count). The van der Waals surface area contributed by atoms with E-state index < -0.39 is 0 Å². The molecule has 0 saturated heterocycles. The maximum atomic E-state index is 5.28. The fourth-order valence-electron chi connectivity index (χ4n) is 7.13. The summed E-state index contributed by atoms with van der Waals surface area (Å²) in [5, 5.41) is 8.61. The molecule has 0 amide bonds. The minimum atomic E-state index is 1.02. The van der Waals surface area contributed by atoms with E-state index in [1.54, 1.807) is 11.3 Å². The fourth-order valence-corrected chi connectivity index (χ4v) is 9.52. The average Bonchev–Trinajstić information content (AvgIpc) is 3.78. The number of benzene rings is 8. The van der Waals surface area contributed by atoms with Gasteiger partial charge in [-0.15, -0.1) is 22.7 Å². The number of rotatable bonds is 5. The number of fused-ring (bicyclic) bond motifs is 8. The van der Waals surface area contributed by atoms with Crippen LogP contribution in [0, 0.1) is 0 Å². The van der Waals surface area contributed by atoms with Gasteiger partial charge in [0.25, 0.3) is 0 Å². The van der Waals surface area contributed by atoms with Crippen molar-refractivity contribution in [2.24, 2.45) is 0 Å².